The van der Waals surface area contributed by atoms with Crippen LogP contribution in [0.25, 0.3) is 0 Å². The van der Waals surface area contributed by atoms with Gasteiger partial charge in [0.15, 0.2) is 0 Å². The van der Waals surface area contributed by atoms with E-state index in [1.54, 1.807) is 13.0 Å². The highest BCUT2D eigenvalue weighted by molar-refractivity contribution is 9.10. The summed E-state index contributed by atoms with van der Waals surface area (Å²) in [5, 5.41) is 11.1. The number of ether oxygens (including phenoxy) is 1. The van der Waals surface area contributed by atoms with E-state index in [9.17, 15) is 9.90 Å². The van der Waals surface area contributed by atoms with E-state index in [4.69, 9.17) is 4.74 Å². The molecule has 0 unspecified atom stereocenters. The van der Waals surface area contributed by atoms with Crippen molar-refractivity contribution in [1.29, 1.82) is 0 Å². The van der Waals surface area contributed by atoms with Crippen LogP contribution in [0, 0.1) is 5.41 Å². The Morgan fingerprint density at radius 3 is 2.68 bits per heavy atom. The first-order valence-corrected chi connectivity index (χ1v) is 8.52. The maximum Gasteiger partial charge on any atom is 0.315 e. The van der Waals surface area contributed by atoms with Gasteiger partial charge in [-0.15, -0.1) is 6.58 Å². The van der Waals surface area contributed by atoms with Gasteiger partial charge in [-0.25, -0.2) is 0 Å². The van der Waals surface area contributed by atoms with E-state index >= 15 is 0 Å². The van der Waals surface area contributed by atoms with Gasteiger partial charge in [-0.2, -0.15) is 0 Å². The second kappa shape index (κ2) is 6.97. The Labute approximate surface area is 140 Å². The lowest BCUT2D eigenvalue weighted by molar-refractivity contribution is -0.171. The highest BCUT2D eigenvalue weighted by Gasteiger charge is 2.58. The molecule has 0 amide bonds. The van der Waals surface area contributed by atoms with Gasteiger partial charge in [-0.3, -0.25) is 4.79 Å². The highest BCUT2D eigenvalue weighted by Crippen LogP contribution is 2.51. The molecule has 22 heavy (non-hydrogen) atoms. The Balaban J connectivity index is 2.39. The normalized spacial score (nSPS) is 27.6. The van der Waals surface area contributed by atoms with Crippen molar-refractivity contribution in [3.05, 3.63) is 47.0 Å². The molecule has 1 aromatic rings. The Morgan fingerprint density at radius 2 is 2.09 bits per heavy atom. The maximum atomic E-state index is 12.7. The quantitative estimate of drug-likeness (QED) is 0.610. The van der Waals surface area contributed by atoms with Crippen LogP contribution in [0.4, 0.5) is 0 Å². The van der Waals surface area contributed by atoms with E-state index < -0.39 is 11.0 Å². The lowest BCUT2D eigenvalue weighted by atomic mass is 9.68. The molecule has 0 heterocycles. The second-order valence-corrected chi connectivity index (χ2v) is 6.90. The molecule has 1 fully saturated rings. The summed E-state index contributed by atoms with van der Waals surface area (Å²) in [5.41, 5.74) is -0.931. The maximum absolute atomic E-state index is 12.7. The molecule has 4 heteroatoms. The molecular formula is C18H23BrO3. The SMILES string of the molecule is C=CC[C@@]1(O)CCC[C@@]1(Cc1ccc(Br)cc1)C(=O)OCC. The Bertz CT molecular complexity index is 540. The van der Waals surface area contributed by atoms with Crippen LogP contribution in [-0.4, -0.2) is 23.3 Å². The molecule has 0 bridgehead atoms. The number of hydrogen-bond donors (Lipinski definition) is 1. The average Bonchev–Trinajstić information content (AvgIpc) is 2.80. The number of halogens is 1. The van der Waals surface area contributed by atoms with Crippen LogP contribution in [0.5, 0.6) is 0 Å². The zero-order valence-corrected chi connectivity index (χ0v) is 14.6. The summed E-state index contributed by atoms with van der Waals surface area (Å²) in [6, 6.07) is 7.88. The van der Waals surface area contributed by atoms with E-state index in [0.29, 0.717) is 32.3 Å². The fourth-order valence-electron chi connectivity index (χ4n) is 3.53. The third-order valence-corrected chi connectivity index (χ3v) is 5.18. The van der Waals surface area contributed by atoms with Crippen LogP contribution >= 0.6 is 15.9 Å². The Morgan fingerprint density at radius 1 is 1.41 bits per heavy atom. The van der Waals surface area contributed by atoms with Gasteiger partial charge in [0.2, 0.25) is 0 Å². The molecule has 1 saturated carbocycles. The Kier molecular flexibility index (Phi) is 5.45. The first-order valence-electron chi connectivity index (χ1n) is 7.72. The standard InChI is InChI=1S/C18H23BrO3/c1-3-10-18(21)12-5-11-17(18,16(20)22-4-2)13-14-6-8-15(19)9-7-14/h3,6-9,21H,1,4-5,10-13H2,2H3/t17-,18-/m1/s1. The summed E-state index contributed by atoms with van der Waals surface area (Å²) in [6.45, 7) is 5.86. The fourth-order valence-corrected chi connectivity index (χ4v) is 3.79. The molecule has 3 nitrogen and oxygen atoms in total. The smallest absolute Gasteiger partial charge is 0.315 e. The van der Waals surface area contributed by atoms with Gasteiger partial charge in [0.1, 0.15) is 5.41 Å². The van der Waals surface area contributed by atoms with Gasteiger partial charge in [-0.05, 0) is 56.7 Å². The number of hydrogen-bond acceptors (Lipinski definition) is 3. The van der Waals surface area contributed by atoms with Crippen LogP contribution in [0.3, 0.4) is 0 Å². The number of benzene rings is 1. The molecule has 2 rings (SSSR count). The third kappa shape index (κ3) is 3.13. The molecule has 120 valence electrons. The van der Waals surface area contributed by atoms with Crippen molar-refractivity contribution < 1.29 is 14.6 Å². The minimum Gasteiger partial charge on any atom is -0.465 e. The molecule has 1 N–H and O–H groups in total. The van der Waals surface area contributed by atoms with Crippen LogP contribution < -0.4 is 0 Å². The van der Waals surface area contributed by atoms with Gasteiger partial charge in [-0.1, -0.05) is 34.1 Å². The van der Waals surface area contributed by atoms with Crippen LogP contribution in [0.2, 0.25) is 0 Å². The number of aliphatic hydroxyl groups is 1. The van der Waals surface area contributed by atoms with E-state index in [1.807, 2.05) is 24.3 Å². The van der Waals surface area contributed by atoms with Gasteiger partial charge in [0.05, 0.1) is 12.2 Å². The summed E-state index contributed by atoms with van der Waals surface area (Å²) < 4.78 is 6.32. The number of rotatable bonds is 6. The zero-order chi connectivity index (χ0) is 16.2. The van der Waals surface area contributed by atoms with Gasteiger partial charge < -0.3 is 9.84 Å². The first kappa shape index (κ1) is 17.2. The molecular weight excluding hydrogens is 344 g/mol. The summed E-state index contributed by atoms with van der Waals surface area (Å²) in [5.74, 6) is -0.292. The number of carbonyl (C=O) groups excluding carboxylic acids is 1. The third-order valence-electron chi connectivity index (χ3n) is 4.65. The van der Waals surface area contributed by atoms with Crippen molar-refractivity contribution in [2.75, 3.05) is 6.61 Å². The van der Waals surface area contributed by atoms with Crippen molar-refractivity contribution in [3.63, 3.8) is 0 Å². The van der Waals surface area contributed by atoms with E-state index in [-0.39, 0.29) is 5.97 Å². The Hall–Kier alpha value is -1.13. The summed E-state index contributed by atoms with van der Waals surface area (Å²) in [4.78, 5) is 12.7. The fraction of sp³-hybridized carbons (Fsp3) is 0.500. The van der Waals surface area contributed by atoms with Crippen molar-refractivity contribution in [2.24, 2.45) is 5.41 Å². The topological polar surface area (TPSA) is 46.5 Å². The zero-order valence-electron chi connectivity index (χ0n) is 13.0. The minimum atomic E-state index is -1.08. The average molecular weight is 367 g/mol. The molecule has 1 aromatic carbocycles. The van der Waals surface area contributed by atoms with Crippen molar-refractivity contribution in [2.45, 2.75) is 44.6 Å². The predicted molar refractivity (Wildman–Crippen MR) is 90.5 cm³/mol. The summed E-state index contributed by atoms with van der Waals surface area (Å²) in [7, 11) is 0. The monoisotopic (exact) mass is 366 g/mol. The molecule has 1 aliphatic carbocycles. The highest BCUT2D eigenvalue weighted by atomic mass is 79.9. The van der Waals surface area contributed by atoms with Crippen LogP contribution in [-0.2, 0) is 16.0 Å². The lowest BCUT2D eigenvalue weighted by Gasteiger charge is -2.40. The molecule has 1 aliphatic rings. The van der Waals surface area contributed by atoms with Crippen molar-refractivity contribution in [3.8, 4) is 0 Å². The van der Waals surface area contributed by atoms with Gasteiger partial charge >= 0.3 is 5.97 Å². The lowest BCUT2D eigenvalue weighted by Crippen LogP contribution is -2.51. The largest absolute Gasteiger partial charge is 0.465 e. The summed E-state index contributed by atoms with van der Waals surface area (Å²) in [6.07, 6.45) is 4.66. The first-order chi connectivity index (χ1) is 10.5. The molecule has 0 spiro atoms. The molecule has 2 atom stereocenters. The molecule has 0 saturated heterocycles. The molecule has 0 aromatic heterocycles. The van der Waals surface area contributed by atoms with E-state index in [1.165, 1.54) is 0 Å². The summed E-state index contributed by atoms with van der Waals surface area (Å²) >= 11 is 3.42. The van der Waals surface area contributed by atoms with Crippen molar-refractivity contribution >= 4 is 21.9 Å². The van der Waals surface area contributed by atoms with Gasteiger partial charge in [0, 0.05) is 4.47 Å². The molecule has 0 aliphatic heterocycles. The molecule has 0 radical (unpaired) electrons. The van der Waals surface area contributed by atoms with Crippen LogP contribution in [0.1, 0.15) is 38.2 Å². The van der Waals surface area contributed by atoms with Gasteiger partial charge in [0.25, 0.3) is 0 Å². The van der Waals surface area contributed by atoms with E-state index in [0.717, 1.165) is 16.5 Å². The van der Waals surface area contributed by atoms with E-state index in [2.05, 4.69) is 22.5 Å². The minimum absolute atomic E-state index is 0.292. The predicted octanol–water partition coefficient (Wildman–Crippen LogP) is 4.03. The number of esters is 1. The second-order valence-electron chi connectivity index (χ2n) is 5.98. The van der Waals surface area contributed by atoms with Crippen LogP contribution in [0.15, 0.2) is 41.4 Å². The number of carbonyl (C=O) groups is 1. The van der Waals surface area contributed by atoms with Crippen molar-refractivity contribution in [1.82, 2.24) is 0 Å².